The first-order chi connectivity index (χ1) is 9.69. The topological polar surface area (TPSA) is 89.2 Å². The summed E-state index contributed by atoms with van der Waals surface area (Å²) >= 11 is 0. The molecule has 1 fully saturated rings. The molecule has 1 unspecified atom stereocenters. The van der Waals surface area contributed by atoms with Gasteiger partial charge in [0.25, 0.3) is 0 Å². The van der Waals surface area contributed by atoms with E-state index >= 15 is 0 Å². The van der Waals surface area contributed by atoms with E-state index in [4.69, 9.17) is 10.4 Å². The van der Waals surface area contributed by atoms with Gasteiger partial charge in [-0.25, -0.2) is 4.98 Å². The molecule has 1 aliphatic heterocycles. The number of piperidine rings is 1. The first-order valence-corrected chi connectivity index (χ1v) is 6.73. The van der Waals surface area contributed by atoms with E-state index in [1.807, 2.05) is 18.2 Å². The van der Waals surface area contributed by atoms with Crippen molar-refractivity contribution in [2.45, 2.75) is 12.8 Å². The molecule has 2 N–H and O–H groups in total. The maximum atomic E-state index is 10.5. The molecule has 0 spiro atoms. The summed E-state index contributed by atoms with van der Waals surface area (Å²) in [5, 5.41) is 20.5. The van der Waals surface area contributed by atoms with Gasteiger partial charge in [-0.2, -0.15) is 5.26 Å². The van der Waals surface area contributed by atoms with Gasteiger partial charge in [0, 0.05) is 19.6 Å². The predicted molar refractivity (Wildman–Crippen MR) is 74.4 cm³/mol. The first kappa shape index (κ1) is 14.3. The Kier molecular flexibility index (Phi) is 4.91. The molecule has 1 aromatic rings. The van der Waals surface area contributed by atoms with Crippen molar-refractivity contribution in [3.63, 3.8) is 0 Å². The third-order valence-corrected chi connectivity index (χ3v) is 3.40. The summed E-state index contributed by atoms with van der Waals surface area (Å²) in [6.45, 7) is 2.46. The number of anilines is 1. The minimum Gasteiger partial charge on any atom is -0.480 e. The molecule has 2 rings (SSSR count). The summed E-state index contributed by atoms with van der Waals surface area (Å²) in [5.74, 6) is 0.406. The highest BCUT2D eigenvalue weighted by atomic mass is 16.4. The zero-order valence-electron chi connectivity index (χ0n) is 11.2. The highest BCUT2D eigenvalue weighted by molar-refractivity contribution is 5.68. The fraction of sp³-hybridized carbons (Fsp3) is 0.500. The van der Waals surface area contributed by atoms with Crippen LogP contribution in [0.3, 0.4) is 0 Å². The van der Waals surface area contributed by atoms with Crippen LogP contribution in [0.25, 0.3) is 0 Å². The minimum absolute atomic E-state index is 0.00132. The van der Waals surface area contributed by atoms with Gasteiger partial charge < -0.3 is 15.3 Å². The Morgan fingerprint density at radius 3 is 3.20 bits per heavy atom. The normalized spacial score (nSPS) is 18.6. The van der Waals surface area contributed by atoms with Crippen molar-refractivity contribution in [2.24, 2.45) is 5.92 Å². The summed E-state index contributed by atoms with van der Waals surface area (Å²) in [7, 11) is 0. The molecule has 6 nitrogen and oxygen atoms in total. The van der Waals surface area contributed by atoms with Crippen molar-refractivity contribution in [3.05, 3.63) is 23.9 Å². The molecule has 2 heterocycles. The van der Waals surface area contributed by atoms with E-state index < -0.39 is 5.97 Å². The molecule has 1 aliphatic rings. The fourth-order valence-electron chi connectivity index (χ4n) is 2.48. The van der Waals surface area contributed by atoms with Crippen LogP contribution in [-0.4, -0.2) is 42.2 Å². The number of aromatic nitrogens is 1. The predicted octanol–water partition coefficient (Wildman–Crippen LogP) is 0.844. The second-order valence-electron chi connectivity index (χ2n) is 4.97. The maximum absolute atomic E-state index is 10.5. The molecule has 6 heteroatoms. The van der Waals surface area contributed by atoms with E-state index in [0.717, 1.165) is 31.7 Å². The zero-order chi connectivity index (χ0) is 14.4. The summed E-state index contributed by atoms with van der Waals surface area (Å²) in [5.41, 5.74) is 0.425. The zero-order valence-corrected chi connectivity index (χ0v) is 11.2. The number of carbonyl (C=O) groups is 1. The van der Waals surface area contributed by atoms with Crippen molar-refractivity contribution < 1.29 is 9.90 Å². The smallest absolute Gasteiger partial charge is 0.317 e. The molecular formula is C14H18N4O2. The molecule has 20 heavy (non-hydrogen) atoms. The number of nitrogens with one attached hydrogen (secondary N) is 1. The largest absolute Gasteiger partial charge is 0.480 e. The van der Waals surface area contributed by atoms with E-state index in [1.165, 1.54) is 0 Å². The Labute approximate surface area is 118 Å². The SMILES string of the molecule is N#Cc1cccc(N2CCCC(CNCC(=O)O)C2)n1. The van der Waals surface area contributed by atoms with Gasteiger partial charge in [-0.05, 0) is 30.9 Å². The number of rotatable bonds is 5. The Bertz CT molecular complexity index is 512. The van der Waals surface area contributed by atoms with Crippen molar-refractivity contribution >= 4 is 11.8 Å². The Morgan fingerprint density at radius 2 is 2.45 bits per heavy atom. The third kappa shape index (κ3) is 3.93. The number of carboxylic acids is 1. The average Bonchev–Trinajstić information content (AvgIpc) is 2.47. The van der Waals surface area contributed by atoms with Crippen LogP contribution in [0.5, 0.6) is 0 Å². The van der Waals surface area contributed by atoms with Gasteiger partial charge in [0.15, 0.2) is 0 Å². The molecule has 1 aromatic heterocycles. The van der Waals surface area contributed by atoms with Crippen LogP contribution in [0.4, 0.5) is 5.82 Å². The minimum atomic E-state index is -0.832. The molecular weight excluding hydrogens is 256 g/mol. The van der Waals surface area contributed by atoms with Crippen LogP contribution in [-0.2, 0) is 4.79 Å². The van der Waals surface area contributed by atoms with Crippen molar-refractivity contribution in [3.8, 4) is 6.07 Å². The van der Waals surface area contributed by atoms with Gasteiger partial charge in [-0.3, -0.25) is 4.79 Å². The molecule has 0 bridgehead atoms. The highest BCUT2D eigenvalue weighted by Gasteiger charge is 2.21. The Balaban J connectivity index is 1.92. The van der Waals surface area contributed by atoms with Crippen molar-refractivity contribution in [2.75, 3.05) is 31.1 Å². The van der Waals surface area contributed by atoms with Gasteiger partial charge >= 0.3 is 5.97 Å². The third-order valence-electron chi connectivity index (χ3n) is 3.40. The van der Waals surface area contributed by atoms with Crippen LogP contribution in [0, 0.1) is 17.2 Å². The molecule has 0 aromatic carbocycles. The first-order valence-electron chi connectivity index (χ1n) is 6.73. The lowest BCUT2D eigenvalue weighted by molar-refractivity contribution is -0.136. The molecule has 1 atom stereocenters. The number of nitriles is 1. The highest BCUT2D eigenvalue weighted by Crippen LogP contribution is 2.21. The second-order valence-corrected chi connectivity index (χ2v) is 4.97. The number of hydrogen-bond acceptors (Lipinski definition) is 5. The molecule has 0 aliphatic carbocycles. The number of aliphatic carboxylic acids is 1. The van der Waals surface area contributed by atoms with E-state index in [0.29, 0.717) is 18.2 Å². The lowest BCUT2D eigenvalue weighted by Crippen LogP contribution is -2.41. The number of nitrogens with zero attached hydrogens (tertiary/aromatic N) is 3. The Morgan fingerprint density at radius 1 is 1.60 bits per heavy atom. The number of carboxylic acid groups (broad SMARTS) is 1. The molecule has 0 saturated carbocycles. The molecule has 0 amide bonds. The number of hydrogen-bond donors (Lipinski definition) is 2. The lowest BCUT2D eigenvalue weighted by Gasteiger charge is -2.33. The molecule has 1 saturated heterocycles. The van der Waals surface area contributed by atoms with Gasteiger partial charge in [-0.1, -0.05) is 6.07 Å². The Hall–Kier alpha value is -2.13. The van der Waals surface area contributed by atoms with Gasteiger partial charge in [0.2, 0.25) is 0 Å². The summed E-state index contributed by atoms with van der Waals surface area (Å²) in [4.78, 5) is 17.0. The van der Waals surface area contributed by atoms with E-state index in [1.54, 1.807) is 6.07 Å². The van der Waals surface area contributed by atoms with Crippen molar-refractivity contribution in [1.29, 1.82) is 5.26 Å². The van der Waals surface area contributed by atoms with E-state index in [9.17, 15) is 4.79 Å². The van der Waals surface area contributed by atoms with Crippen LogP contribution < -0.4 is 10.2 Å². The summed E-state index contributed by atoms with van der Waals surface area (Å²) in [6, 6.07) is 7.49. The second kappa shape index (κ2) is 6.87. The van der Waals surface area contributed by atoms with Crippen LogP contribution >= 0.6 is 0 Å². The van der Waals surface area contributed by atoms with Gasteiger partial charge in [0.1, 0.15) is 17.6 Å². The molecule has 106 valence electrons. The standard InChI is InChI=1S/C14H18N4O2/c15-7-12-4-1-5-13(17-12)18-6-2-3-11(10-18)8-16-9-14(19)20/h1,4-5,11,16H,2-3,6,8-10H2,(H,19,20). The maximum Gasteiger partial charge on any atom is 0.317 e. The summed E-state index contributed by atoms with van der Waals surface area (Å²) in [6.07, 6.45) is 2.14. The van der Waals surface area contributed by atoms with Crippen LogP contribution in [0.2, 0.25) is 0 Å². The van der Waals surface area contributed by atoms with Crippen molar-refractivity contribution in [1.82, 2.24) is 10.3 Å². The van der Waals surface area contributed by atoms with E-state index in [2.05, 4.69) is 15.2 Å². The van der Waals surface area contributed by atoms with Crippen LogP contribution in [0.15, 0.2) is 18.2 Å². The summed E-state index contributed by atoms with van der Waals surface area (Å²) < 4.78 is 0. The fourth-order valence-corrected chi connectivity index (χ4v) is 2.48. The average molecular weight is 274 g/mol. The van der Waals surface area contributed by atoms with Gasteiger partial charge in [-0.15, -0.1) is 0 Å². The lowest BCUT2D eigenvalue weighted by atomic mass is 9.98. The monoisotopic (exact) mass is 274 g/mol. The van der Waals surface area contributed by atoms with Gasteiger partial charge in [0.05, 0.1) is 6.54 Å². The number of pyridine rings is 1. The molecule has 0 radical (unpaired) electrons. The van der Waals surface area contributed by atoms with E-state index in [-0.39, 0.29) is 6.54 Å². The van der Waals surface area contributed by atoms with Crippen LogP contribution in [0.1, 0.15) is 18.5 Å². The quantitative estimate of drug-likeness (QED) is 0.827.